The number of carboxylic acid groups (broad SMARTS) is 1. The zero-order valence-corrected chi connectivity index (χ0v) is 25.1. The number of nitrogens with one attached hydrogen (secondary N) is 2. The number of hydrogen-bond acceptors (Lipinski definition) is 5. The van der Waals surface area contributed by atoms with Crippen LogP contribution in [0.1, 0.15) is 35.1 Å². The fraction of sp³-hybridized carbons (Fsp3) is 0.306. The van der Waals surface area contributed by atoms with Crippen molar-refractivity contribution in [1.29, 1.82) is 0 Å². The van der Waals surface area contributed by atoms with Gasteiger partial charge in [-0.1, -0.05) is 103 Å². The Morgan fingerprint density at radius 2 is 1.31 bits per heavy atom. The van der Waals surface area contributed by atoms with E-state index in [-0.39, 0.29) is 31.1 Å². The number of halogens is 3. The first-order valence-electron chi connectivity index (χ1n) is 15.0. The molecule has 5 rings (SSSR count). The average Bonchev–Trinajstić information content (AvgIpc) is 3.02. The summed E-state index contributed by atoms with van der Waals surface area (Å²) in [5.41, 5.74) is -1.13. The van der Waals surface area contributed by atoms with Crippen molar-refractivity contribution in [3.8, 4) is 0 Å². The lowest BCUT2D eigenvalue weighted by molar-refractivity contribution is -0.224. The molecule has 1 saturated carbocycles. The fourth-order valence-electron chi connectivity index (χ4n) is 6.12. The monoisotopic (exact) mass is 617 g/mol. The first kappa shape index (κ1) is 32.2. The molecule has 9 heteroatoms. The van der Waals surface area contributed by atoms with Gasteiger partial charge in [0.2, 0.25) is 5.54 Å². The molecule has 1 atom stereocenters. The highest BCUT2D eigenvalue weighted by Gasteiger charge is 2.66. The second-order valence-corrected chi connectivity index (χ2v) is 11.7. The van der Waals surface area contributed by atoms with Crippen LogP contribution >= 0.6 is 0 Å². The van der Waals surface area contributed by atoms with Gasteiger partial charge in [-0.2, -0.15) is 13.2 Å². The van der Waals surface area contributed by atoms with E-state index in [4.69, 9.17) is 4.74 Å². The molecule has 1 unspecified atom stereocenters. The molecular formula is C36H38F3N3O3. The number of anilines is 1. The van der Waals surface area contributed by atoms with Gasteiger partial charge < -0.3 is 20.1 Å². The van der Waals surface area contributed by atoms with E-state index in [2.05, 4.69) is 15.5 Å². The van der Waals surface area contributed by atoms with Crippen molar-refractivity contribution in [1.82, 2.24) is 10.6 Å². The number of ether oxygens (including phenoxy) is 1. The zero-order valence-electron chi connectivity index (χ0n) is 25.1. The standard InChI is InChI=1S/C36H38F3N3O3/c1-40-26-34(21-32(22-34)45-25-29-15-9-4-10-16-29)41-35(33(43)44,36(37,38)39)30-17-19-31(20-18-30)42(23-27-11-5-2-6-12-27)24-28-13-7-3-8-14-28/h2-20,32,40-41H,21-26H2,1H3,(H,43,44). The third-order valence-electron chi connectivity index (χ3n) is 8.38. The molecule has 0 heterocycles. The van der Waals surface area contributed by atoms with Crippen molar-refractivity contribution in [2.45, 2.75) is 55.9 Å². The number of alkyl halides is 3. The predicted molar refractivity (Wildman–Crippen MR) is 169 cm³/mol. The Balaban J connectivity index is 1.41. The van der Waals surface area contributed by atoms with Crippen LogP contribution in [-0.2, 0) is 34.8 Å². The maximum atomic E-state index is 15.0. The second kappa shape index (κ2) is 13.9. The maximum absolute atomic E-state index is 15.0. The van der Waals surface area contributed by atoms with Gasteiger partial charge in [-0.25, -0.2) is 4.79 Å². The lowest BCUT2D eigenvalue weighted by atomic mass is 9.71. The van der Waals surface area contributed by atoms with Gasteiger partial charge in [0.05, 0.1) is 12.7 Å². The third-order valence-corrected chi connectivity index (χ3v) is 8.38. The van der Waals surface area contributed by atoms with Gasteiger partial charge in [-0.15, -0.1) is 0 Å². The van der Waals surface area contributed by atoms with Crippen LogP contribution in [0, 0.1) is 0 Å². The van der Waals surface area contributed by atoms with Crippen LogP contribution in [0.15, 0.2) is 115 Å². The first-order chi connectivity index (χ1) is 21.6. The SMILES string of the molecule is CNCC1(NC(C(=O)O)(c2ccc(N(Cc3ccccc3)Cc3ccccc3)cc2)C(F)(F)F)CC(OCc2ccccc2)C1. The smallest absolute Gasteiger partial charge is 0.421 e. The predicted octanol–water partition coefficient (Wildman–Crippen LogP) is 6.66. The minimum atomic E-state index is -5.13. The summed E-state index contributed by atoms with van der Waals surface area (Å²) < 4.78 is 51.1. The van der Waals surface area contributed by atoms with Gasteiger partial charge in [-0.3, -0.25) is 5.32 Å². The Hall–Kier alpha value is -4.18. The van der Waals surface area contributed by atoms with Gasteiger partial charge in [0.15, 0.2) is 0 Å². The van der Waals surface area contributed by atoms with Crippen LogP contribution < -0.4 is 15.5 Å². The van der Waals surface area contributed by atoms with Gasteiger partial charge >= 0.3 is 12.1 Å². The fourth-order valence-corrected chi connectivity index (χ4v) is 6.12. The van der Waals surface area contributed by atoms with E-state index in [1.54, 1.807) is 19.2 Å². The van der Waals surface area contributed by atoms with Crippen LogP contribution in [0.25, 0.3) is 0 Å². The van der Waals surface area contributed by atoms with Crippen LogP contribution in [0.3, 0.4) is 0 Å². The summed E-state index contributed by atoms with van der Waals surface area (Å²) in [5, 5.41) is 15.9. The lowest BCUT2D eigenvalue weighted by Crippen LogP contribution is -2.73. The number of benzene rings is 4. The highest BCUT2D eigenvalue weighted by molar-refractivity contribution is 5.82. The summed E-state index contributed by atoms with van der Waals surface area (Å²) in [6.45, 7) is 1.51. The average molecular weight is 618 g/mol. The van der Waals surface area contributed by atoms with E-state index in [9.17, 15) is 9.90 Å². The van der Waals surface area contributed by atoms with Crippen molar-refractivity contribution in [3.05, 3.63) is 138 Å². The summed E-state index contributed by atoms with van der Waals surface area (Å²) in [7, 11) is 1.64. The molecule has 1 aliphatic carbocycles. The summed E-state index contributed by atoms with van der Waals surface area (Å²) in [5.74, 6) is -2.00. The number of hydrogen-bond donors (Lipinski definition) is 3. The topological polar surface area (TPSA) is 73.8 Å². The molecule has 1 fully saturated rings. The summed E-state index contributed by atoms with van der Waals surface area (Å²) in [4.78, 5) is 14.8. The second-order valence-electron chi connectivity index (χ2n) is 11.7. The quantitative estimate of drug-likeness (QED) is 0.147. The van der Waals surface area contributed by atoms with E-state index in [0.717, 1.165) is 16.7 Å². The Morgan fingerprint density at radius 1 is 0.822 bits per heavy atom. The molecule has 6 nitrogen and oxygen atoms in total. The minimum absolute atomic E-state index is 0.142. The van der Waals surface area contributed by atoms with Crippen LogP contribution in [0.4, 0.5) is 18.9 Å². The molecule has 0 radical (unpaired) electrons. The molecule has 0 bridgehead atoms. The molecule has 1 aliphatic rings. The Labute approximate surface area is 261 Å². The summed E-state index contributed by atoms with van der Waals surface area (Å²) in [6, 6.07) is 34.8. The normalized spacial score (nSPS) is 19.3. The molecule has 0 aromatic heterocycles. The molecule has 0 saturated heterocycles. The zero-order chi connectivity index (χ0) is 31.9. The van der Waals surface area contributed by atoms with Crippen LogP contribution in [-0.4, -0.2) is 42.5 Å². The van der Waals surface area contributed by atoms with Crippen molar-refractivity contribution < 1.29 is 27.8 Å². The Bertz CT molecular complexity index is 1470. The number of carbonyl (C=O) groups is 1. The van der Waals surface area contributed by atoms with E-state index < -0.39 is 23.2 Å². The highest BCUT2D eigenvalue weighted by atomic mass is 19.4. The van der Waals surface area contributed by atoms with Crippen molar-refractivity contribution in [2.75, 3.05) is 18.5 Å². The van der Waals surface area contributed by atoms with Crippen molar-refractivity contribution in [3.63, 3.8) is 0 Å². The molecular weight excluding hydrogens is 579 g/mol. The van der Waals surface area contributed by atoms with E-state index >= 15 is 13.2 Å². The highest BCUT2D eigenvalue weighted by Crippen LogP contribution is 2.46. The number of carboxylic acids is 1. The maximum Gasteiger partial charge on any atom is 0.421 e. The van der Waals surface area contributed by atoms with Gasteiger partial charge in [0.1, 0.15) is 0 Å². The number of aliphatic carboxylic acids is 1. The molecule has 4 aromatic rings. The first-order valence-corrected chi connectivity index (χ1v) is 15.0. The molecule has 45 heavy (non-hydrogen) atoms. The van der Waals surface area contributed by atoms with E-state index in [1.807, 2.05) is 91.0 Å². The number of rotatable bonds is 14. The minimum Gasteiger partial charge on any atom is -0.479 e. The third kappa shape index (κ3) is 7.39. The van der Waals surface area contributed by atoms with Crippen molar-refractivity contribution in [2.24, 2.45) is 0 Å². The van der Waals surface area contributed by atoms with E-state index in [1.165, 1.54) is 12.1 Å². The largest absolute Gasteiger partial charge is 0.479 e. The molecule has 4 aromatic carbocycles. The van der Waals surface area contributed by atoms with E-state index in [0.29, 0.717) is 25.4 Å². The molecule has 3 N–H and O–H groups in total. The summed E-state index contributed by atoms with van der Waals surface area (Å²) >= 11 is 0. The number of nitrogens with zero attached hydrogens (tertiary/aromatic N) is 1. The van der Waals surface area contributed by atoms with Gasteiger partial charge in [0, 0.05) is 30.9 Å². The Kier molecular flexibility index (Phi) is 9.92. The molecule has 0 aliphatic heterocycles. The van der Waals surface area contributed by atoms with Crippen LogP contribution in [0.2, 0.25) is 0 Å². The lowest BCUT2D eigenvalue weighted by Gasteiger charge is -2.52. The van der Waals surface area contributed by atoms with Crippen LogP contribution in [0.5, 0.6) is 0 Å². The van der Waals surface area contributed by atoms with Crippen molar-refractivity contribution >= 4 is 11.7 Å². The number of likely N-dealkylation sites (N-methyl/N-ethyl adjacent to an activating group) is 1. The van der Waals surface area contributed by atoms with Gasteiger partial charge in [0.25, 0.3) is 0 Å². The molecule has 0 spiro atoms. The summed E-state index contributed by atoms with van der Waals surface area (Å²) in [6.07, 6.45) is -4.99. The molecule has 0 amide bonds. The Morgan fingerprint density at radius 3 is 1.76 bits per heavy atom. The van der Waals surface area contributed by atoms with Gasteiger partial charge in [-0.05, 0) is 54.3 Å². The molecule has 236 valence electrons.